The van der Waals surface area contributed by atoms with Gasteiger partial charge in [-0.1, -0.05) is 73.1 Å². The van der Waals surface area contributed by atoms with Gasteiger partial charge in [0, 0.05) is 23.3 Å². The molecular formula is C20H20Cl2N4OS. The molecule has 0 atom stereocenters. The zero-order valence-electron chi connectivity index (χ0n) is 15.5. The van der Waals surface area contributed by atoms with E-state index in [0.717, 1.165) is 16.3 Å². The third-order valence-electron chi connectivity index (χ3n) is 4.41. The standard InChI is InChI=1S/C20H20Cl2N4OS/c1-20(2,14-7-8-16(21)17(22)9-14)11-23-18(27)15-6-4-3-5-13(15)10-28-19-24-12-25-26-19/h3-9,12H,10-11H2,1-2H3,(H,23,27)(H,24,25,26). The third kappa shape index (κ3) is 5.07. The maximum Gasteiger partial charge on any atom is 0.251 e. The second-order valence-corrected chi connectivity index (χ2v) is 8.71. The van der Waals surface area contributed by atoms with Crippen LogP contribution in [0.2, 0.25) is 10.0 Å². The minimum Gasteiger partial charge on any atom is -0.351 e. The molecule has 1 amide bonds. The predicted octanol–water partition coefficient (Wildman–Crippen LogP) is 5.11. The number of nitrogens with one attached hydrogen (secondary N) is 2. The Hall–Kier alpha value is -2.02. The van der Waals surface area contributed by atoms with Crippen molar-refractivity contribution in [3.63, 3.8) is 0 Å². The first-order valence-corrected chi connectivity index (χ1v) is 10.4. The van der Waals surface area contributed by atoms with Gasteiger partial charge in [-0.3, -0.25) is 9.89 Å². The Bertz CT molecular complexity index is 961. The topological polar surface area (TPSA) is 70.7 Å². The summed E-state index contributed by atoms with van der Waals surface area (Å²) < 4.78 is 0. The van der Waals surface area contributed by atoms with E-state index in [-0.39, 0.29) is 11.3 Å². The fraction of sp³-hybridized carbons (Fsp3) is 0.250. The van der Waals surface area contributed by atoms with E-state index in [4.69, 9.17) is 23.2 Å². The molecule has 2 N–H and O–H groups in total. The van der Waals surface area contributed by atoms with Crippen molar-refractivity contribution in [3.05, 3.63) is 75.5 Å². The SMILES string of the molecule is CC(C)(CNC(=O)c1ccccc1CSc1ncn[nH]1)c1ccc(Cl)c(Cl)c1. The van der Waals surface area contributed by atoms with Crippen molar-refractivity contribution in [1.29, 1.82) is 0 Å². The zero-order chi connectivity index (χ0) is 20.1. The van der Waals surface area contributed by atoms with Gasteiger partial charge in [0.05, 0.1) is 10.0 Å². The molecule has 0 unspecified atom stereocenters. The molecule has 0 bridgehead atoms. The minimum absolute atomic E-state index is 0.109. The van der Waals surface area contributed by atoms with Gasteiger partial charge < -0.3 is 5.32 Å². The van der Waals surface area contributed by atoms with Crippen LogP contribution in [0.1, 0.15) is 35.3 Å². The molecule has 1 aromatic heterocycles. The van der Waals surface area contributed by atoms with Gasteiger partial charge in [-0.15, -0.1) is 0 Å². The van der Waals surface area contributed by atoms with E-state index in [9.17, 15) is 4.79 Å². The quantitative estimate of drug-likeness (QED) is 0.506. The molecule has 0 aliphatic heterocycles. The van der Waals surface area contributed by atoms with Crippen molar-refractivity contribution in [2.75, 3.05) is 6.54 Å². The number of rotatable bonds is 7. The van der Waals surface area contributed by atoms with Crippen molar-refractivity contribution in [3.8, 4) is 0 Å². The number of halogens is 2. The third-order valence-corrected chi connectivity index (χ3v) is 6.08. The smallest absolute Gasteiger partial charge is 0.251 e. The van der Waals surface area contributed by atoms with Gasteiger partial charge in [0.25, 0.3) is 5.91 Å². The number of thioether (sulfide) groups is 1. The summed E-state index contributed by atoms with van der Waals surface area (Å²) >= 11 is 13.6. The number of nitrogens with zero attached hydrogens (tertiary/aromatic N) is 2. The molecule has 1 heterocycles. The first-order valence-electron chi connectivity index (χ1n) is 8.66. The Morgan fingerprint density at radius 2 is 1.96 bits per heavy atom. The highest BCUT2D eigenvalue weighted by Gasteiger charge is 2.23. The lowest BCUT2D eigenvalue weighted by Gasteiger charge is -2.26. The molecule has 2 aromatic carbocycles. The molecule has 0 radical (unpaired) electrons. The zero-order valence-corrected chi connectivity index (χ0v) is 17.8. The number of aromatic amines is 1. The molecule has 0 aliphatic rings. The molecule has 3 rings (SSSR count). The molecule has 0 saturated carbocycles. The lowest BCUT2D eigenvalue weighted by atomic mass is 9.84. The molecule has 3 aromatic rings. The monoisotopic (exact) mass is 434 g/mol. The summed E-state index contributed by atoms with van der Waals surface area (Å²) in [6.07, 6.45) is 1.46. The van der Waals surface area contributed by atoms with Gasteiger partial charge in [0.15, 0.2) is 5.16 Å². The number of carbonyl (C=O) groups is 1. The van der Waals surface area contributed by atoms with Gasteiger partial charge in [0.2, 0.25) is 0 Å². The van der Waals surface area contributed by atoms with Crippen molar-refractivity contribution in [2.24, 2.45) is 0 Å². The lowest BCUT2D eigenvalue weighted by molar-refractivity contribution is 0.0945. The number of hydrogen-bond acceptors (Lipinski definition) is 4. The molecule has 0 aliphatic carbocycles. The molecule has 0 spiro atoms. The first-order chi connectivity index (χ1) is 13.4. The van der Waals surface area contributed by atoms with E-state index in [1.54, 1.807) is 6.07 Å². The molecule has 28 heavy (non-hydrogen) atoms. The van der Waals surface area contributed by atoms with Crippen molar-refractivity contribution >= 4 is 40.9 Å². The molecule has 0 saturated heterocycles. The Morgan fingerprint density at radius 1 is 1.18 bits per heavy atom. The van der Waals surface area contributed by atoms with Crippen LogP contribution in [0.5, 0.6) is 0 Å². The molecule has 5 nitrogen and oxygen atoms in total. The fourth-order valence-corrected chi connectivity index (χ4v) is 3.77. The number of hydrogen-bond donors (Lipinski definition) is 2. The summed E-state index contributed by atoms with van der Waals surface area (Å²) in [5.41, 5.74) is 2.30. The van der Waals surface area contributed by atoms with Crippen LogP contribution >= 0.6 is 35.0 Å². The highest BCUT2D eigenvalue weighted by molar-refractivity contribution is 7.98. The van der Waals surface area contributed by atoms with Crippen molar-refractivity contribution in [1.82, 2.24) is 20.5 Å². The van der Waals surface area contributed by atoms with Crippen molar-refractivity contribution < 1.29 is 4.79 Å². The minimum atomic E-state index is -0.298. The average molecular weight is 435 g/mol. The van der Waals surface area contributed by atoms with Crippen LogP contribution < -0.4 is 5.32 Å². The number of benzene rings is 2. The van der Waals surface area contributed by atoms with E-state index < -0.39 is 0 Å². The van der Waals surface area contributed by atoms with Crippen LogP contribution in [-0.2, 0) is 11.2 Å². The van der Waals surface area contributed by atoms with E-state index in [1.807, 2.05) is 36.4 Å². The summed E-state index contributed by atoms with van der Waals surface area (Å²) in [7, 11) is 0. The summed E-state index contributed by atoms with van der Waals surface area (Å²) in [5, 5.41) is 11.4. The highest BCUT2D eigenvalue weighted by Crippen LogP contribution is 2.29. The number of carbonyl (C=O) groups excluding carboxylic acids is 1. The Kier molecular flexibility index (Phi) is 6.65. The Morgan fingerprint density at radius 3 is 2.68 bits per heavy atom. The van der Waals surface area contributed by atoms with Crippen LogP contribution in [0.25, 0.3) is 0 Å². The first kappa shape index (κ1) is 20.7. The lowest BCUT2D eigenvalue weighted by Crippen LogP contribution is -2.37. The van der Waals surface area contributed by atoms with Gasteiger partial charge in [-0.25, -0.2) is 4.98 Å². The van der Waals surface area contributed by atoms with Crippen LogP contribution in [0.4, 0.5) is 0 Å². The predicted molar refractivity (Wildman–Crippen MR) is 114 cm³/mol. The molecule has 8 heteroatoms. The number of H-pyrrole nitrogens is 1. The van der Waals surface area contributed by atoms with Gasteiger partial charge >= 0.3 is 0 Å². The second-order valence-electron chi connectivity index (χ2n) is 6.93. The Balaban J connectivity index is 1.68. The largest absolute Gasteiger partial charge is 0.351 e. The average Bonchev–Trinajstić information content (AvgIpc) is 3.20. The normalized spacial score (nSPS) is 11.4. The van der Waals surface area contributed by atoms with E-state index in [1.165, 1.54) is 18.1 Å². The second kappa shape index (κ2) is 8.99. The summed E-state index contributed by atoms with van der Waals surface area (Å²) in [6, 6.07) is 13.1. The maximum absolute atomic E-state index is 12.8. The van der Waals surface area contributed by atoms with E-state index in [2.05, 4.69) is 34.3 Å². The molecule has 0 fully saturated rings. The van der Waals surface area contributed by atoms with Crippen LogP contribution in [-0.4, -0.2) is 27.6 Å². The number of amides is 1. The van der Waals surface area contributed by atoms with Crippen LogP contribution in [0.15, 0.2) is 53.9 Å². The van der Waals surface area contributed by atoms with Crippen LogP contribution in [0.3, 0.4) is 0 Å². The molecule has 146 valence electrons. The van der Waals surface area contributed by atoms with Gasteiger partial charge in [-0.05, 0) is 29.3 Å². The Labute approximate surface area is 178 Å². The molecular weight excluding hydrogens is 415 g/mol. The number of aromatic nitrogens is 3. The fourth-order valence-electron chi connectivity index (χ4n) is 2.69. The van der Waals surface area contributed by atoms with Gasteiger partial charge in [0.1, 0.15) is 6.33 Å². The summed E-state index contributed by atoms with van der Waals surface area (Å²) in [5.74, 6) is 0.511. The summed E-state index contributed by atoms with van der Waals surface area (Å²) in [6.45, 7) is 4.57. The van der Waals surface area contributed by atoms with Gasteiger partial charge in [-0.2, -0.15) is 5.10 Å². The van der Waals surface area contributed by atoms with Crippen molar-refractivity contribution in [2.45, 2.75) is 30.2 Å². The van der Waals surface area contributed by atoms with Crippen LogP contribution in [0, 0.1) is 0 Å². The van der Waals surface area contributed by atoms with E-state index in [0.29, 0.717) is 27.9 Å². The summed E-state index contributed by atoms with van der Waals surface area (Å²) in [4.78, 5) is 16.9. The maximum atomic E-state index is 12.8. The van der Waals surface area contributed by atoms with E-state index >= 15 is 0 Å². The highest BCUT2D eigenvalue weighted by atomic mass is 35.5.